The summed E-state index contributed by atoms with van der Waals surface area (Å²) in [6.45, 7) is 15.2. The normalized spacial score (nSPS) is 19.4. The highest BCUT2D eigenvalue weighted by Gasteiger charge is 2.29. The summed E-state index contributed by atoms with van der Waals surface area (Å²) in [5, 5.41) is 9.07. The number of nitrogens with zero attached hydrogens (tertiary/aromatic N) is 3. The van der Waals surface area contributed by atoms with E-state index in [-0.39, 0.29) is 5.54 Å². The minimum absolute atomic E-state index is 0.319. The molecule has 0 aromatic heterocycles. The van der Waals surface area contributed by atoms with Crippen LogP contribution < -0.4 is 0 Å². The molecule has 90 valence electrons. The third-order valence-corrected chi connectivity index (χ3v) is 3.29. The minimum Gasteiger partial charge on any atom is -0.300 e. The Balaban J connectivity index is 2.35. The molecule has 1 rings (SSSR count). The largest absolute Gasteiger partial charge is 0.300 e. The lowest BCUT2D eigenvalue weighted by molar-refractivity contribution is 0.0808. The number of rotatable bonds is 4. The molecule has 16 heavy (non-hydrogen) atoms. The van der Waals surface area contributed by atoms with E-state index < -0.39 is 0 Å². The fraction of sp³-hybridized carbons (Fsp3) is 0.769. The maximum Gasteiger partial charge on any atom is 0.103 e. The van der Waals surface area contributed by atoms with Crippen molar-refractivity contribution in [3.63, 3.8) is 0 Å². The van der Waals surface area contributed by atoms with Crippen LogP contribution in [0, 0.1) is 11.3 Å². The number of hydrogen-bond acceptors (Lipinski definition) is 3. The van der Waals surface area contributed by atoms with Gasteiger partial charge in [-0.25, -0.2) is 0 Å². The molecule has 3 nitrogen and oxygen atoms in total. The lowest BCUT2D eigenvalue weighted by atomic mass is 10.0. The molecule has 1 fully saturated rings. The lowest BCUT2D eigenvalue weighted by Crippen LogP contribution is -2.54. The monoisotopic (exact) mass is 221 g/mol. The molecule has 0 aromatic rings. The van der Waals surface area contributed by atoms with Crippen molar-refractivity contribution in [2.75, 3.05) is 32.7 Å². The van der Waals surface area contributed by atoms with Gasteiger partial charge in [-0.1, -0.05) is 5.57 Å². The predicted molar refractivity (Wildman–Crippen MR) is 67.1 cm³/mol. The molecule has 1 aliphatic heterocycles. The highest BCUT2D eigenvalue weighted by atomic mass is 15.3. The topological polar surface area (TPSA) is 30.3 Å². The molecule has 1 saturated heterocycles. The van der Waals surface area contributed by atoms with Crippen LogP contribution in [0.25, 0.3) is 0 Å². The molecule has 0 radical (unpaired) electrons. The van der Waals surface area contributed by atoms with Crippen molar-refractivity contribution in [2.45, 2.75) is 32.7 Å². The molecular weight excluding hydrogens is 198 g/mol. The third kappa shape index (κ3) is 3.62. The van der Waals surface area contributed by atoms with E-state index in [1.165, 1.54) is 5.57 Å². The van der Waals surface area contributed by atoms with Crippen molar-refractivity contribution >= 4 is 0 Å². The first kappa shape index (κ1) is 13.2. The van der Waals surface area contributed by atoms with Crippen LogP contribution in [0.4, 0.5) is 0 Å². The van der Waals surface area contributed by atoms with Gasteiger partial charge in [0.25, 0.3) is 0 Å². The zero-order valence-electron chi connectivity index (χ0n) is 10.8. The minimum atomic E-state index is -0.319. The first-order valence-corrected chi connectivity index (χ1v) is 5.99. The standard InChI is InChI=1S/C13H23N3/c1-12(2)5-6-15-7-9-16(10-8-15)13(3,4)11-14/h1,5-10H2,2-4H3. The zero-order chi connectivity index (χ0) is 12.2. The van der Waals surface area contributed by atoms with Crippen molar-refractivity contribution < 1.29 is 0 Å². The molecule has 0 amide bonds. The quantitative estimate of drug-likeness (QED) is 0.679. The maximum absolute atomic E-state index is 9.07. The Morgan fingerprint density at radius 1 is 1.31 bits per heavy atom. The molecule has 0 aromatic carbocycles. The average Bonchev–Trinajstić information content (AvgIpc) is 2.27. The molecule has 1 heterocycles. The van der Waals surface area contributed by atoms with Gasteiger partial charge in [-0.05, 0) is 27.2 Å². The number of nitriles is 1. The maximum atomic E-state index is 9.07. The van der Waals surface area contributed by atoms with E-state index in [0.29, 0.717) is 0 Å². The zero-order valence-corrected chi connectivity index (χ0v) is 10.8. The first-order chi connectivity index (χ1) is 7.45. The average molecular weight is 221 g/mol. The second-order valence-electron chi connectivity index (χ2n) is 5.21. The summed E-state index contributed by atoms with van der Waals surface area (Å²) in [5.41, 5.74) is 0.931. The van der Waals surface area contributed by atoms with Gasteiger partial charge in [0.2, 0.25) is 0 Å². The second-order valence-corrected chi connectivity index (χ2v) is 5.21. The van der Waals surface area contributed by atoms with Crippen LogP contribution in [0.5, 0.6) is 0 Å². The van der Waals surface area contributed by atoms with Crippen LogP contribution in [0.3, 0.4) is 0 Å². The van der Waals surface area contributed by atoms with Crippen molar-refractivity contribution in [3.8, 4) is 6.07 Å². The van der Waals surface area contributed by atoms with Gasteiger partial charge in [0.15, 0.2) is 0 Å². The van der Waals surface area contributed by atoms with Gasteiger partial charge in [-0.2, -0.15) is 5.26 Å². The summed E-state index contributed by atoms with van der Waals surface area (Å²) in [4.78, 5) is 4.73. The summed E-state index contributed by atoms with van der Waals surface area (Å²) in [7, 11) is 0. The van der Waals surface area contributed by atoms with Crippen molar-refractivity contribution in [1.29, 1.82) is 5.26 Å². The highest BCUT2D eigenvalue weighted by Crippen LogP contribution is 2.16. The summed E-state index contributed by atoms with van der Waals surface area (Å²) in [6.07, 6.45) is 1.08. The predicted octanol–water partition coefficient (Wildman–Crippen LogP) is 1.87. The van der Waals surface area contributed by atoms with Crippen LogP contribution in [-0.4, -0.2) is 48.1 Å². The fourth-order valence-corrected chi connectivity index (χ4v) is 1.95. The molecule has 0 spiro atoms. The van der Waals surface area contributed by atoms with E-state index >= 15 is 0 Å². The van der Waals surface area contributed by atoms with E-state index in [9.17, 15) is 0 Å². The van der Waals surface area contributed by atoms with Gasteiger partial charge in [-0.3, -0.25) is 4.90 Å². The molecule has 0 atom stereocenters. The Bertz CT molecular complexity index is 280. The van der Waals surface area contributed by atoms with Gasteiger partial charge in [0.1, 0.15) is 5.54 Å². The van der Waals surface area contributed by atoms with E-state index in [4.69, 9.17) is 5.26 Å². The second kappa shape index (κ2) is 5.47. The van der Waals surface area contributed by atoms with E-state index in [1.807, 2.05) is 13.8 Å². The Kier molecular flexibility index (Phi) is 4.52. The summed E-state index contributed by atoms with van der Waals surface area (Å²) in [6, 6.07) is 2.37. The SMILES string of the molecule is C=C(C)CCN1CCN(C(C)(C)C#N)CC1. The van der Waals surface area contributed by atoms with Crippen LogP contribution >= 0.6 is 0 Å². The van der Waals surface area contributed by atoms with Gasteiger partial charge >= 0.3 is 0 Å². The van der Waals surface area contributed by atoms with Gasteiger partial charge < -0.3 is 4.90 Å². The van der Waals surface area contributed by atoms with Gasteiger partial charge in [0, 0.05) is 32.7 Å². The molecule has 0 unspecified atom stereocenters. The van der Waals surface area contributed by atoms with Gasteiger partial charge in [0.05, 0.1) is 6.07 Å². The highest BCUT2D eigenvalue weighted by molar-refractivity contribution is 5.03. The van der Waals surface area contributed by atoms with Crippen LogP contribution in [0.1, 0.15) is 27.2 Å². The summed E-state index contributed by atoms with van der Waals surface area (Å²) < 4.78 is 0. The fourth-order valence-electron chi connectivity index (χ4n) is 1.95. The van der Waals surface area contributed by atoms with Gasteiger partial charge in [-0.15, -0.1) is 6.58 Å². The molecule has 0 saturated carbocycles. The van der Waals surface area contributed by atoms with Crippen molar-refractivity contribution in [1.82, 2.24) is 9.80 Å². The lowest BCUT2D eigenvalue weighted by Gasteiger charge is -2.40. The molecular formula is C13H23N3. The molecule has 0 N–H and O–H groups in total. The molecule has 3 heteroatoms. The number of piperazine rings is 1. The van der Waals surface area contributed by atoms with E-state index in [2.05, 4.69) is 29.4 Å². The smallest absolute Gasteiger partial charge is 0.103 e. The summed E-state index contributed by atoms with van der Waals surface area (Å²) >= 11 is 0. The molecule has 0 bridgehead atoms. The summed E-state index contributed by atoms with van der Waals surface area (Å²) in [5.74, 6) is 0. The Morgan fingerprint density at radius 3 is 2.31 bits per heavy atom. The number of hydrogen-bond donors (Lipinski definition) is 0. The third-order valence-electron chi connectivity index (χ3n) is 3.29. The van der Waals surface area contributed by atoms with Crippen LogP contribution in [-0.2, 0) is 0 Å². The first-order valence-electron chi connectivity index (χ1n) is 5.99. The van der Waals surface area contributed by atoms with Crippen LogP contribution in [0.15, 0.2) is 12.2 Å². The Labute approximate surface area is 99.3 Å². The molecule has 1 aliphatic rings. The van der Waals surface area contributed by atoms with Crippen molar-refractivity contribution in [2.24, 2.45) is 0 Å². The van der Waals surface area contributed by atoms with Crippen LogP contribution in [0.2, 0.25) is 0 Å². The Hall–Kier alpha value is -0.850. The van der Waals surface area contributed by atoms with E-state index in [1.54, 1.807) is 0 Å². The van der Waals surface area contributed by atoms with Crippen molar-refractivity contribution in [3.05, 3.63) is 12.2 Å². The van der Waals surface area contributed by atoms with E-state index in [0.717, 1.165) is 39.1 Å². The Morgan fingerprint density at radius 2 is 1.88 bits per heavy atom. The molecule has 0 aliphatic carbocycles.